The Labute approximate surface area is 185 Å². The van der Waals surface area contributed by atoms with Gasteiger partial charge < -0.3 is 24.8 Å². The summed E-state index contributed by atoms with van der Waals surface area (Å²) in [4.78, 5) is 17.9. The highest BCUT2D eigenvalue weighted by atomic mass is 16.5. The van der Waals surface area contributed by atoms with Gasteiger partial charge in [-0.05, 0) is 38.1 Å². The summed E-state index contributed by atoms with van der Waals surface area (Å²) in [6, 6.07) is 19.1. The molecule has 2 atom stereocenters. The summed E-state index contributed by atoms with van der Waals surface area (Å²) >= 11 is 0. The number of carbonyl (C=O) groups excluding carboxylic acids is 1. The minimum absolute atomic E-state index is 0.0715. The van der Waals surface area contributed by atoms with E-state index in [0.29, 0.717) is 6.54 Å². The van der Waals surface area contributed by atoms with Gasteiger partial charge in [0.1, 0.15) is 31.8 Å². The van der Waals surface area contributed by atoms with Crippen molar-refractivity contribution >= 4 is 17.3 Å². The lowest BCUT2D eigenvalue weighted by atomic mass is 10.2. The number of benzene rings is 2. The smallest absolute Gasteiger partial charge is 0.279 e. The molecule has 31 heavy (non-hydrogen) atoms. The first-order valence-corrected chi connectivity index (χ1v) is 11.6. The van der Waals surface area contributed by atoms with Crippen LogP contribution in [-0.4, -0.2) is 63.9 Å². The quantitative estimate of drug-likeness (QED) is 0.622. The maximum Gasteiger partial charge on any atom is 0.279 e. The predicted octanol–water partition coefficient (Wildman–Crippen LogP) is 0.222. The second kappa shape index (κ2) is 10.3. The van der Waals surface area contributed by atoms with Crippen molar-refractivity contribution in [3.8, 4) is 0 Å². The number of hydrogen-bond donors (Lipinski definition) is 3. The summed E-state index contributed by atoms with van der Waals surface area (Å²) in [5.41, 5.74) is 3.52. The molecule has 2 aliphatic rings. The Bertz CT molecular complexity index is 824. The van der Waals surface area contributed by atoms with E-state index in [-0.39, 0.29) is 18.1 Å². The number of carbonyl (C=O) groups is 1. The Morgan fingerprint density at radius 3 is 2.26 bits per heavy atom. The molecule has 0 unspecified atom stereocenters. The number of rotatable bonds is 6. The molecular weight excluding hydrogens is 388 g/mol. The van der Waals surface area contributed by atoms with E-state index in [1.165, 1.54) is 16.2 Å². The highest BCUT2D eigenvalue weighted by Crippen LogP contribution is 2.18. The molecule has 2 heterocycles. The number of nitrogens with zero attached hydrogens (tertiary/aromatic N) is 1. The van der Waals surface area contributed by atoms with Crippen molar-refractivity contribution in [3.05, 3.63) is 60.2 Å². The molecule has 0 aromatic heterocycles. The lowest BCUT2D eigenvalue weighted by Crippen LogP contribution is -3.16. The molecule has 2 saturated heterocycles. The van der Waals surface area contributed by atoms with Gasteiger partial charge in [0, 0.05) is 16.9 Å². The van der Waals surface area contributed by atoms with Gasteiger partial charge in [0.2, 0.25) is 0 Å². The fourth-order valence-corrected chi connectivity index (χ4v) is 4.86. The lowest BCUT2D eigenvalue weighted by molar-refractivity contribution is -0.914. The molecule has 0 spiro atoms. The average molecular weight is 425 g/mol. The third-order valence-electron chi connectivity index (χ3n) is 6.31. The maximum atomic E-state index is 12.5. The van der Waals surface area contributed by atoms with E-state index in [0.717, 1.165) is 51.5 Å². The highest BCUT2D eigenvalue weighted by molar-refractivity contribution is 5.91. The average Bonchev–Trinajstić information content (AvgIpc) is 2.75. The zero-order valence-electron chi connectivity index (χ0n) is 18.8. The molecule has 3 N–H and O–H groups in total. The van der Waals surface area contributed by atoms with Gasteiger partial charge in [0.05, 0.1) is 26.2 Å². The van der Waals surface area contributed by atoms with Crippen LogP contribution in [0.1, 0.15) is 19.4 Å². The second-order valence-electron chi connectivity index (χ2n) is 9.09. The van der Waals surface area contributed by atoms with Crippen molar-refractivity contribution in [2.24, 2.45) is 0 Å². The van der Waals surface area contributed by atoms with E-state index in [1.54, 1.807) is 4.90 Å². The Kier molecular flexibility index (Phi) is 7.22. The molecule has 6 heteroatoms. The van der Waals surface area contributed by atoms with Gasteiger partial charge >= 0.3 is 0 Å². The van der Waals surface area contributed by atoms with Gasteiger partial charge in [-0.3, -0.25) is 4.79 Å². The summed E-state index contributed by atoms with van der Waals surface area (Å²) in [7, 11) is 0. The number of quaternary nitrogens is 2. The van der Waals surface area contributed by atoms with Crippen LogP contribution < -0.4 is 20.0 Å². The Morgan fingerprint density at radius 1 is 0.968 bits per heavy atom. The normalized spacial score (nSPS) is 24.7. The highest BCUT2D eigenvalue weighted by Gasteiger charge is 2.27. The number of hydrogen-bond acceptors (Lipinski definition) is 3. The molecule has 0 aliphatic carbocycles. The molecule has 2 fully saturated rings. The SMILES string of the molecule is C[C@@H]1C[NH+](CC(=O)Nc2ccc(N3CC[NH+](Cc4ccccc4)CC3)cc2)C[C@@H](C)O1. The van der Waals surface area contributed by atoms with Gasteiger partial charge in [0.15, 0.2) is 6.54 Å². The van der Waals surface area contributed by atoms with Crippen LogP contribution in [-0.2, 0) is 16.1 Å². The van der Waals surface area contributed by atoms with Gasteiger partial charge in [-0.2, -0.15) is 0 Å². The summed E-state index contributed by atoms with van der Waals surface area (Å²) in [5, 5.41) is 3.06. The molecule has 1 amide bonds. The number of ether oxygens (including phenoxy) is 1. The fraction of sp³-hybridized carbons (Fsp3) is 0.480. The van der Waals surface area contributed by atoms with E-state index < -0.39 is 0 Å². The Hall–Kier alpha value is -2.41. The van der Waals surface area contributed by atoms with Crippen molar-refractivity contribution in [3.63, 3.8) is 0 Å². The van der Waals surface area contributed by atoms with E-state index >= 15 is 0 Å². The van der Waals surface area contributed by atoms with Crippen molar-refractivity contribution in [2.45, 2.75) is 32.6 Å². The number of amides is 1. The zero-order valence-corrected chi connectivity index (χ0v) is 18.8. The third kappa shape index (κ3) is 6.29. The third-order valence-corrected chi connectivity index (χ3v) is 6.31. The van der Waals surface area contributed by atoms with Crippen molar-refractivity contribution < 1.29 is 19.3 Å². The summed E-state index contributed by atoms with van der Waals surface area (Å²) in [6.45, 7) is 11.9. The molecule has 6 nitrogen and oxygen atoms in total. The van der Waals surface area contributed by atoms with Crippen LogP contribution in [0.4, 0.5) is 11.4 Å². The van der Waals surface area contributed by atoms with Crippen LogP contribution in [0.5, 0.6) is 0 Å². The van der Waals surface area contributed by atoms with Crippen molar-refractivity contribution in [2.75, 3.05) is 56.0 Å². The first-order chi connectivity index (χ1) is 15.0. The van der Waals surface area contributed by atoms with Crippen LogP contribution in [0.3, 0.4) is 0 Å². The molecular formula is C25H36N4O2+2. The predicted molar refractivity (Wildman–Crippen MR) is 124 cm³/mol. The summed E-state index contributed by atoms with van der Waals surface area (Å²) in [6.07, 6.45) is 0.418. The van der Waals surface area contributed by atoms with E-state index in [4.69, 9.17) is 4.74 Å². The van der Waals surface area contributed by atoms with Crippen molar-refractivity contribution in [1.29, 1.82) is 0 Å². The number of piperazine rings is 1. The van der Waals surface area contributed by atoms with Gasteiger partial charge in [-0.25, -0.2) is 0 Å². The van der Waals surface area contributed by atoms with E-state index in [2.05, 4.69) is 66.5 Å². The summed E-state index contributed by atoms with van der Waals surface area (Å²) < 4.78 is 5.76. The minimum atomic E-state index is 0.0715. The topological polar surface area (TPSA) is 50.5 Å². The molecule has 2 aromatic rings. The fourth-order valence-electron chi connectivity index (χ4n) is 4.86. The first kappa shape index (κ1) is 21.8. The molecule has 166 valence electrons. The Balaban J connectivity index is 1.23. The van der Waals surface area contributed by atoms with Crippen LogP contribution in [0.15, 0.2) is 54.6 Å². The monoisotopic (exact) mass is 424 g/mol. The van der Waals surface area contributed by atoms with Gasteiger partial charge in [0.25, 0.3) is 5.91 Å². The molecule has 0 saturated carbocycles. The lowest BCUT2D eigenvalue weighted by Gasteiger charge is -2.33. The van der Waals surface area contributed by atoms with Crippen LogP contribution in [0.25, 0.3) is 0 Å². The standard InChI is InChI=1S/C25H34N4O2/c1-20-16-28(17-21(2)31-20)19-25(30)26-23-8-10-24(11-9-23)29-14-12-27(13-15-29)18-22-6-4-3-5-7-22/h3-11,20-21H,12-19H2,1-2H3,(H,26,30)/p+2/t20-,21-/m1/s1. The van der Waals surface area contributed by atoms with Crippen molar-refractivity contribution in [1.82, 2.24) is 0 Å². The Morgan fingerprint density at radius 2 is 1.61 bits per heavy atom. The van der Waals surface area contributed by atoms with E-state index in [9.17, 15) is 4.79 Å². The van der Waals surface area contributed by atoms with Gasteiger partial charge in [-0.1, -0.05) is 30.3 Å². The van der Waals surface area contributed by atoms with Gasteiger partial charge in [-0.15, -0.1) is 0 Å². The van der Waals surface area contributed by atoms with Crippen LogP contribution >= 0.6 is 0 Å². The van der Waals surface area contributed by atoms with E-state index in [1.807, 2.05) is 12.1 Å². The number of nitrogens with one attached hydrogen (secondary N) is 3. The molecule has 0 radical (unpaired) electrons. The molecule has 0 bridgehead atoms. The molecule has 2 aromatic carbocycles. The maximum absolute atomic E-state index is 12.5. The minimum Gasteiger partial charge on any atom is -0.364 e. The summed E-state index contributed by atoms with van der Waals surface area (Å²) in [5.74, 6) is 0.0715. The molecule has 2 aliphatic heterocycles. The number of morpholine rings is 1. The zero-order chi connectivity index (χ0) is 21.6. The second-order valence-corrected chi connectivity index (χ2v) is 9.09. The van der Waals surface area contributed by atoms with Crippen LogP contribution in [0, 0.1) is 0 Å². The number of anilines is 2. The first-order valence-electron chi connectivity index (χ1n) is 11.6. The largest absolute Gasteiger partial charge is 0.364 e. The molecule has 4 rings (SSSR count). The van der Waals surface area contributed by atoms with Crippen LogP contribution in [0.2, 0.25) is 0 Å².